The van der Waals surface area contributed by atoms with Gasteiger partial charge in [-0.25, -0.2) is 9.18 Å². The smallest absolute Gasteiger partial charge is 0.349 e. The van der Waals surface area contributed by atoms with Crippen molar-refractivity contribution in [3.63, 3.8) is 0 Å². The number of piperazine rings is 1. The third-order valence-corrected chi connectivity index (χ3v) is 7.36. The summed E-state index contributed by atoms with van der Waals surface area (Å²) in [5, 5.41) is 14.2. The Bertz CT molecular complexity index is 1640. The molecule has 10 heteroatoms. The normalized spacial score (nSPS) is 19.6. The van der Waals surface area contributed by atoms with Gasteiger partial charge >= 0.3 is 11.6 Å². The zero-order valence-corrected chi connectivity index (χ0v) is 20.4. The highest BCUT2D eigenvalue weighted by Gasteiger charge is 2.39. The Balaban J connectivity index is 1.62. The van der Waals surface area contributed by atoms with E-state index < -0.39 is 11.4 Å². The molecule has 37 heavy (non-hydrogen) atoms. The van der Waals surface area contributed by atoms with Gasteiger partial charge in [-0.05, 0) is 43.4 Å². The standard InChI is InChI=1S/C27H25FN4O5/c1-13-23-22(26(35)37-24(13)16-11-15(33)10-14-6-5-7-17(28)21(14)16)25(31-27(30-23)36-2)32-12-20(34)29-18-8-3-4-9-19(18)32/h5-7,10-11,18-19,33H,3-4,8-9,12H2,1-2H3,(H,29,34). The molecule has 9 nitrogen and oxygen atoms in total. The monoisotopic (exact) mass is 504 g/mol. The summed E-state index contributed by atoms with van der Waals surface area (Å²) in [4.78, 5) is 37.0. The number of aromatic nitrogens is 2. The lowest BCUT2D eigenvalue weighted by Gasteiger charge is -2.44. The number of aromatic hydroxyl groups is 1. The third kappa shape index (κ3) is 3.75. The Morgan fingerprint density at radius 1 is 1.16 bits per heavy atom. The summed E-state index contributed by atoms with van der Waals surface area (Å²) in [7, 11) is 1.43. The molecule has 1 saturated carbocycles. The van der Waals surface area contributed by atoms with Crippen molar-refractivity contribution >= 4 is 33.4 Å². The molecule has 6 rings (SSSR count). The minimum atomic E-state index is -0.723. The van der Waals surface area contributed by atoms with Crippen molar-refractivity contribution in [2.45, 2.75) is 44.7 Å². The maximum absolute atomic E-state index is 14.9. The maximum Gasteiger partial charge on any atom is 0.349 e. The van der Waals surface area contributed by atoms with Gasteiger partial charge in [0, 0.05) is 22.6 Å². The van der Waals surface area contributed by atoms with E-state index in [4.69, 9.17) is 9.15 Å². The molecule has 2 N–H and O–H groups in total. The lowest BCUT2D eigenvalue weighted by atomic mass is 9.87. The fourth-order valence-electron chi connectivity index (χ4n) is 5.73. The van der Waals surface area contributed by atoms with Crippen molar-refractivity contribution in [3.05, 3.63) is 52.1 Å². The van der Waals surface area contributed by atoms with E-state index in [-0.39, 0.29) is 69.7 Å². The number of methoxy groups -OCH3 is 1. The molecule has 2 atom stereocenters. The number of rotatable bonds is 3. The van der Waals surface area contributed by atoms with Crippen molar-refractivity contribution in [2.75, 3.05) is 18.6 Å². The summed E-state index contributed by atoms with van der Waals surface area (Å²) >= 11 is 0. The van der Waals surface area contributed by atoms with Crippen LogP contribution in [0, 0.1) is 12.7 Å². The van der Waals surface area contributed by atoms with Crippen molar-refractivity contribution in [3.8, 4) is 23.1 Å². The predicted molar refractivity (Wildman–Crippen MR) is 135 cm³/mol. The van der Waals surface area contributed by atoms with Gasteiger partial charge in [-0.1, -0.05) is 25.0 Å². The number of halogens is 1. The number of anilines is 1. The highest BCUT2D eigenvalue weighted by molar-refractivity contribution is 6.01. The summed E-state index contributed by atoms with van der Waals surface area (Å²) in [5.74, 6) is -0.392. The van der Waals surface area contributed by atoms with Gasteiger partial charge in [-0.15, -0.1) is 0 Å². The van der Waals surface area contributed by atoms with E-state index in [1.165, 1.54) is 25.3 Å². The second-order valence-electron chi connectivity index (χ2n) is 9.59. The predicted octanol–water partition coefficient (Wildman–Crippen LogP) is 3.81. The number of aryl methyl sites for hydroxylation is 1. The van der Waals surface area contributed by atoms with Crippen LogP contribution in [0.25, 0.3) is 33.0 Å². The number of benzene rings is 2. The second-order valence-corrected chi connectivity index (χ2v) is 9.59. The molecule has 2 aliphatic rings. The summed E-state index contributed by atoms with van der Waals surface area (Å²) in [6, 6.07) is 7.29. The van der Waals surface area contributed by atoms with Crippen molar-refractivity contribution in [1.29, 1.82) is 0 Å². The minimum Gasteiger partial charge on any atom is -0.508 e. The number of phenols is 1. The molecule has 190 valence electrons. The molecule has 0 bridgehead atoms. The fraction of sp³-hybridized carbons (Fsp3) is 0.333. The molecule has 2 aromatic carbocycles. The molecular weight excluding hydrogens is 479 g/mol. The van der Waals surface area contributed by atoms with Crippen LogP contribution >= 0.6 is 0 Å². The number of hydrogen-bond acceptors (Lipinski definition) is 8. The largest absolute Gasteiger partial charge is 0.508 e. The van der Waals surface area contributed by atoms with E-state index in [1.54, 1.807) is 19.1 Å². The molecule has 3 heterocycles. The van der Waals surface area contributed by atoms with Gasteiger partial charge in [0.2, 0.25) is 5.91 Å². The van der Waals surface area contributed by atoms with Crippen LogP contribution in [0.4, 0.5) is 10.2 Å². The first kappa shape index (κ1) is 23.2. The van der Waals surface area contributed by atoms with Crippen LogP contribution in [0.2, 0.25) is 0 Å². The van der Waals surface area contributed by atoms with Crippen molar-refractivity contribution in [2.24, 2.45) is 0 Å². The molecule has 1 amide bonds. The van der Waals surface area contributed by atoms with Crippen molar-refractivity contribution < 1.29 is 23.4 Å². The Kier molecular flexibility index (Phi) is 5.47. The highest BCUT2D eigenvalue weighted by Crippen LogP contribution is 2.39. The summed E-state index contributed by atoms with van der Waals surface area (Å²) in [5.41, 5.74) is 0.237. The average Bonchev–Trinajstić information content (AvgIpc) is 2.89. The van der Waals surface area contributed by atoms with E-state index in [1.807, 2.05) is 4.90 Å². The Morgan fingerprint density at radius 2 is 1.97 bits per heavy atom. The van der Waals surface area contributed by atoms with Gasteiger partial charge in [0.1, 0.15) is 22.7 Å². The SMILES string of the molecule is COc1nc(N2CC(=O)NC3CCCCC32)c2c(=O)oc(-c3cc(O)cc4cccc(F)c34)c(C)c2n1. The fourth-order valence-corrected chi connectivity index (χ4v) is 5.73. The summed E-state index contributed by atoms with van der Waals surface area (Å²) < 4.78 is 26.1. The van der Waals surface area contributed by atoms with Gasteiger partial charge in [0.25, 0.3) is 0 Å². The maximum atomic E-state index is 14.9. The number of ether oxygens (including phenoxy) is 1. The first-order chi connectivity index (χ1) is 17.9. The molecule has 0 spiro atoms. The molecule has 1 aliphatic heterocycles. The van der Waals surface area contributed by atoms with E-state index in [9.17, 15) is 19.1 Å². The van der Waals surface area contributed by atoms with Crippen LogP contribution < -0.4 is 20.6 Å². The Labute approximate surface area is 210 Å². The van der Waals surface area contributed by atoms with Gasteiger partial charge in [-0.3, -0.25) is 4.79 Å². The van der Waals surface area contributed by atoms with E-state index >= 15 is 0 Å². The zero-order chi connectivity index (χ0) is 25.8. The number of fused-ring (bicyclic) bond motifs is 3. The molecule has 2 unspecified atom stereocenters. The van der Waals surface area contributed by atoms with Gasteiger partial charge in [0.15, 0.2) is 5.82 Å². The van der Waals surface area contributed by atoms with Gasteiger partial charge in [0.05, 0.1) is 25.2 Å². The number of carbonyl (C=O) groups is 1. The number of nitrogens with zero attached hydrogens (tertiary/aromatic N) is 3. The number of hydrogen-bond donors (Lipinski definition) is 2. The molecule has 1 aliphatic carbocycles. The van der Waals surface area contributed by atoms with Crippen LogP contribution in [0.1, 0.15) is 31.2 Å². The van der Waals surface area contributed by atoms with Crippen LogP contribution in [-0.2, 0) is 4.79 Å². The van der Waals surface area contributed by atoms with Crippen LogP contribution in [-0.4, -0.2) is 46.7 Å². The van der Waals surface area contributed by atoms with E-state index in [2.05, 4.69) is 15.3 Å². The van der Waals surface area contributed by atoms with Crippen LogP contribution in [0.15, 0.2) is 39.5 Å². The number of phenolic OH excluding ortho intramolecular Hbond substituents is 1. The Hall–Kier alpha value is -4.21. The highest BCUT2D eigenvalue weighted by atomic mass is 19.1. The molecule has 1 saturated heterocycles. The zero-order valence-electron chi connectivity index (χ0n) is 20.4. The van der Waals surface area contributed by atoms with Crippen LogP contribution in [0.5, 0.6) is 11.8 Å². The summed E-state index contributed by atoms with van der Waals surface area (Å²) in [6.07, 6.45) is 3.71. The van der Waals surface area contributed by atoms with E-state index in [0.29, 0.717) is 10.9 Å². The summed E-state index contributed by atoms with van der Waals surface area (Å²) in [6.45, 7) is 1.75. The average molecular weight is 505 g/mol. The van der Waals surface area contributed by atoms with E-state index in [0.717, 1.165) is 25.7 Å². The number of carbonyl (C=O) groups excluding carboxylic acids is 1. The quantitative estimate of drug-likeness (QED) is 0.433. The minimum absolute atomic E-state index is 0.0299. The van der Waals surface area contributed by atoms with Crippen LogP contribution in [0.3, 0.4) is 0 Å². The van der Waals surface area contributed by atoms with Gasteiger partial charge in [-0.2, -0.15) is 9.97 Å². The second kappa shape index (κ2) is 8.72. The number of amides is 1. The molecule has 4 aromatic rings. The lowest BCUT2D eigenvalue weighted by Crippen LogP contribution is -2.62. The first-order valence-corrected chi connectivity index (χ1v) is 12.2. The van der Waals surface area contributed by atoms with Gasteiger partial charge < -0.3 is 24.5 Å². The molecule has 2 aromatic heterocycles. The molecule has 0 radical (unpaired) electrons. The topological polar surface area (TPSA) is 118 Å². The third-order valence-electron chi connectivity index (χ3n) is 7.36. The Morgan fingerprint density at radius 3 is 2.78 bits per heavy atom. The lowest BCUT2D eigenvalue weighted by molar-refractivity contribution is -0.122. The molecule has 2 fully saturated rings. The number of nitrogens with one attached hydrogen (secondary N) is 1. The molecular formula is C27H25FN4O5. The first-order valence-electron chi connectivity index (χ1n) is 12.2. The van der Waals surface area contributed by atoms with Crippen molar-refractivity contribution in [1.82, 2.24) is 15.3 Å².